The summed E-state index contributed by atoms with van der Waals surface area (Å²) in [5.41, 5.74) is 10.4. The summed E-state index contributed by atoms with van der Waals surface area (Å²) in [5, 5.41) is 12.3. The van der Waals surface area contributed by atoms with Crippen LogP contribution in [0.4, 0.5) is 0 Å². The van der Waals surface area contributed by atoms with E-state index in [4.69, 9.17) is 4.42 Å². The van der Waals surface area contributed by atoms with Crippen LogP contribution in [-0.4, -0.2) is 8.97 Å². The van der Waals surface area contributed by atoms with Crippen molar-refractivity contribution in [2.45, 2.75) is 0 Å². The zero-order valence-electron chi connectivity index (χ0n) is 23.4. The molecule has 0 fully saturated rings. The third kappa shape index (κ3) is 2.77. The van der Waals surface area contributed by atoms with Gasteiger partial charge in [-0.25, -0.2) is 0 Å². The highest BCUT2D eigenvalue weighted by Gasteiger charge is 2.20. The molecule has 3 nitrogen and oxygen atoms in total. The number of para-hydroxylation sites is 3. The normalized spacial score (nSPS) is 12.5. The lowest BCUT2D eigenvalue weighted by molar-refractivity contribution is 0.669. The molecular weight excluding hydrogens is 557 g/mol. The zero-order chi connectivity index (χ0) is 28.5. The van der Waals surface area contributed by atoms with Crippen LogP contribution in [0, 0.1) is 0 Å². The Kier molecular flexibility index (Phi) is 4.21. The van der Waals surface area contributed by atoms with Gasteiger partial charge in [-0.2, -0.15) is 0 Å². The predicted octanol–water partition coefficient (Wildman–Crippen LogP) is 11.6. The summed E-state index contributed by atoms with van der Waals surface area (Å²) in [6.45, 7) is 0. The monoisotopic (exact) mass is 578 g/mol. The first-order valence-electron chi connectivity index (χ1n) is 14.9. The van der Waals surface area contributed by atoms with Crippen LogP contribution in [0.3, 0.4) is 0 Å². The van der Waals surface area contributed by atoms with Crippen LogP contribution in [0.15, 0.2) is 137 Å². The maximum Gasteiger partial charge on any atom is 0.137 e. The number of aromatic nitrogens is 2. The lowest BCUT2D eigenvalue weighted by Crippen LogP contribution is -1.94. The summed E-state index contributed by atoms with van der Waals surface area (Å²) < 4.78 is 11.1. The van der Waals surface area contributed by atoms with Crippen molar-refractivity contribution in [1.82, 2.24) is 8.97 Å². The Bertz CT molecular complexity index is 2950. The van der Waals surface area contributed by atoms with E-state index < -0.39 is 0 Å². The van der Waals surface area contributed by atoms with Crippen LogP contribution in [0.1, 0.15) is 0 Å². The minimum absolute atomic E-state index is 0.907. The molecule has 11 rings (SSSR count). The summed E-state index contributed by atoms with van der Waals surface area (Å²) in [7, 11) is 0. The van der Waals surface area contributed by atoms with Gasteiger partial charge in [-0.3, -0.25) is 4.40 Å². The summed E-state index contributed by atoms with van der Waals surface area (Å²) in [6, 6.07) is 46.4. The summed E-state index contributed by atoms with van der Waals surface area (Å²) in [6.07, 6.45) is 0. The minimum Gasteiger partial charge on any atom is -0.456 e. The SMILES string of the molecule is c1ccc2c(c1)oc1cccc(-n3c4ccccc4c4cc(-c5ccc6c(c5)c5cccc7c8ccsc8n6c57)ccc43)c12. The molecule has 204 valence electrons. The number of rotatable bonds is 2. The van der Waals surface area contributed by atoms with Gasteiger partial charge in [0.15, 0.2) is 0 Å². The number of hydrogen-bond acceptors (Lipinski definition) is 2. The minimum atomic E-state index is 0.907. The van der Waals surface area contributed by atoms with E-state index in [1.54, 1.807) is 0 Å². The first kappa shape index (κ1) is 22.9. The fraction of sp³-hybridized carbons (Fsp3) is 0. The van der Waals surface area contributed by atoms with Crippen molar-refractivity contribution >= 4 is 92.5 Å². The molecule has 0 radical (unpaired) electrons. The molecule has 0 aliphatic rings. The van der Waals surface area contributed by atoms with Crippen molar-refractivity contribution in [1.29, 1.82) is 0 Å². The largest absolute Gasteiger partial charge is 0.456 e. The third-order valence-electron chi connectivity index (χ3n) is 9.55. The fourth-order valence-electron chi connectivity index (χ4n) is 7.71. The Labute approximate surface area is 254 Å². The first-order chi connectivity index (χ1) is 21.8. The highest BCUT2D eigenvalue weighted by atomic mass is 32.1. The van der Waals surface area contributed by atoms with Gasteiger partial charge in [-0.15, -0.1) is 11.3 Å². The Balaban J connectivity index is 1.17. The fourth-order valence-corrected chi connectivity index (χ4v) is 8.64. The molecule has 11 aromatic rings. The molecule has 0 N–H and O–H groups in total. The molecule has 0 aliphatic carbocycles. The van der Waals surface area contributed by atoms with Crippen LogP contribution in [0.25, 0.3) is 98.0 Å². The van der Waals surface area contributed by atoms with Gasteiger partial charge in [0.2, 0.25) is 0 Å². The van der Waals surface area contributed by atoms with Gasteiger partial charge in [-0.05, 0) is 71.1 Å². The summed E-state index contributed by atoms with van der Waals surface area (Å²) in [4.78, 5) is 1.33. The van der Waals surface area contributed by atoms with Gasteiger partial charge in [0.05, 0.1) is 33.1 Å². The van der Waals surface area contributed by atoms with Crippen molar-refractivity contribution in [3.05, 3.63) is 133 Å². The van der Waals surface area contributed by atoms with Gasteiger partial charge < -0.3 is 8.98 Å². The van der Waals surface area contributed by atoms with Crippen molar-refractivity contribution in [2.75, 3.05) is 0 Å². The molecule has 6 aromatic carbocycles. The van der Waals surface area contributed by atoms with Gasteiger partial charge >= 0.3 is 0 Å². The molecule has 0 spiro atoms. The lowest BCUT2D eigenvalue weighted by atomic mass is 10.00. The molecule has 0 saturated heterocycles. The molecule has 0 amide bonds. The van der Waals surface area contributed by atoms with Gasteiger partial charge in [0.25, 0.3) is 0 Å². The van der Waals surface area contributed by atoms with Gasteiger partial charge in [0.1, 0.15) is 16.0 Å². The maximum atomic E-state index is 6.27. The average Bonchev–Trinajstić information content (AvgIpc) is 3.88. The van der Waals surface area contributed by atoms with Crippen molar-refractivity contribution in [3.63, 3.8) is 0 Å². The smallest absolute Gasteiger partial charge is 0.137 e. The molecular formula is C40H22N2OS. The van der Waals surface area contributed by atoms with Crippen LogP contribution in [0.2, 0.25) is 0 Å². The second-order valence-electron chi connectivity index (χ2n) is 11.7. The molecule has 0 saturated carbocycles. The summed E-state index contributed by atoms with van der Waals surface area (Å²) >= 11 is 1.82. The zero-order valence-corrected chi connectivity index (χ0v) is 24.2. The molecule has 4 heteroatoms. The van der Waals surface area contributed by atoms with E-state index in [1.807, 2.05) is 17.4 Å². The third-order valence-corrected chi connectivity index (χ3v) is 10.5. The van der Waals surface area contributed by atoms with Crippen molar-refractivity contribution < 1.29 is 4.42 Å². The Morgan fingerprint density at radius 1 is 0.477 bits per heavy atom. The standard InChI is InChI=1S/C40H22N2OS/c1-3-11-32-25(7-1)30-21-23(15-17-33(30)41(32)35-12-6-14-37-38(35)29-8-2-4-13-36(29)43-37)24-16-18-34-31(22-24)27-10-5-9-26-28-19-20-44-40(28)42(34)39(26)27/h1-22H. The number of thiophene rings is 1. The van der Waals surface area contributed by atoms with Crippen LogP contribution >= 0.6 is 11.3 Å². The Hall–Kier alpha value is -5.58. The second kappa shape index (κ2) is 8.07. The topological polar surface area (TPSA) is 22.5 Å². The molecule has 5 aromatic heterocycles. The van der Waals surface area contributed by atoms with Crippen LogP contribution < -0.4 is 0 Å². The van der Waals surface area contributed by atoms with E-state index >= 15 is 0 Å². The highest BCUT2D eigenvalue weighted by Crippen LogP contribution is 2.43. The number of furan rings is 1. The first-order valence-corrected chi connectivity index (χ1v) is 15.8. The lowest BCUT2D eigenvalue weighted by Gasteiger charge is -2.10. The van der Waals surface area contributed by atoms with Crippen LogP contribution in [0.5, 0.6) is 0 Å². The maximum absolute atomic E-state index is 6.27. The molecule has 0 bridgehead atoms. The number of nitrogens with zero attached hydrogens (tertiary/aromatic N) is 2. The van der Waals surface area contributed by atoms with E-state index in [0.29, 0.717) is 0 Å². The Morgan fingerprint density at radius 3 is 2.02 bits per heavy atom. The quantitative estimate of drug-likeness (QED) is 0.200. The molecule has 0 unspecified atom stereocenters. The second-order valence-corrected chi connectivity index (χ2v) is 12.6. The van der Waals surface area contributed by atoms with Gasteiger partial charge in [0, 0.05) is 37.7 Å². The highest BCUT2D eigenvalue weighted by molar-refractivity contribution is 7.17. The predicted molar refractivity (Wildman–Crippen MR) is 186 cm³/mol. The van der Waals surface area contributed by atoms with E-state index in [9.17, 15) is 0 Å². The summed E-state index contributed by atoms with van der Waals surface area (Å²) in [5.74, 6) is 0. The van der Waals surface area contributed by atoms with E-state index in [0.717, 1.165) is 27.6 Å². The molecule has 44 heavy (non-hydrogen) atoms. The molecule has 0 aliphatic heterocycles. The van der Waals surface area contributed by atoms with Crippen molar-refractivity contribution in [2.24, 2.45) is 0 Å². The molecule has 5 heterocycles. The van der Waals surface area contributed by atoms with Crippen molar-refractivity contribution in [3.8, 4) is 16.8 Å². The van der Waals surface area contributed by atoms with Gasteiger partial charge in [-0.1, -0.05) is 72.8 Å². The number of benzene rings is 6. The van der Waals surface area contributed by atoms with E-state index in [-0.39, 0.29) is 0 Å². The average molecular weight is 579 g/mol. The van der Waals surface area contributed by atoms with E-state index in [2.05, 4.69) is 136 Å². The Morgan fingerprint density at radius 2 is 1.14 bits per heavy atom. The van der Waals surface area contributed by atoms with E-state index in [1.165, 1.54) is 70.3 Å². The molecule has 0 atom stereocenters. The number of fused-ring (bicyclic) bond motifs is 12. The van der Waals surface area contributed by atoms with Crippen LogP contribution in [-0.2, 0) is 0 Å². The number of hydrogen-bond donors (Lipinski definition) is 0.